The molecular formula is C11H18Cl2N4O. The average Bonchev–Trinajstić information content (AvgIpc) is 2.28. The minimum absolute atomic E-state index is 0.0598. The zero-order valence-electron chi connectivity index (χ0n) is 10.4. The van der Waals surface area contributed by atoms with Crippen LogP contribution >= 0.6 is 23.2 Å². The molecular weight excluding hydrogens is 275 g/mol. The van der Waals surface area contributed by atoms with Crippen molar-refractivity contribution in [2.45, 2.75) is 20.3 Å². The van der Waals surface area contributed by atoms with E-state index in [0.29, 0.717) is 34.6 Å². The van der Waals surface area contributed by atoms with Crippen LogP contribution < -0.4 is 16.6 Å². The average molecular weight is 293 g/mol. The van der Waals surface area contributed by atoms with Crippen LogP contribution in [0.25, 0.3) is 0 Å². The van der Waals surface area contributed by atoms with Crippen LogP contribution in [0.4, 0.5) is 11.6 Å². The SMILES string of the molecule is CC(C)(CCO)CNc1nc(NN)c(Cl)cc1Cl. The fraction of sp³-hybridized carbons (Fsp3) is 0.545. The van der Waals surface area contributed by atoms with Crippen LogP contribution in [-0.4, -0.2) is 23.2 Å². The topological polar surface area (TPSA) is 83.2 Å². The molecule has 0 unspecified atom stereocenters. The fourth-order valence-corrected chi connectivity index (χ4v) is 1.89. The molecule has 0 fully saturated rings. The number of halogens is 2. The van der Waals surface area contributed by atoms with Crippen LogP contribution in [0.15, 0.2) is 6.07 Å². The maximum absolute atomic E-state index is 8.96. The molecule has 5 N–H and O–H groups in total. The predicted octanol–water partition coefficient (Wildman–Crippen LogP) is 2.49. The summed E-state index contributed by atoms with van der Waals surface area (Å²) in [5, 5.41) is 12.9. The first kappa shape index (κ1) is 15.3. The minimum Gasteiger partial charge on any atom is -0.396 e. The normalized spacial score (nSPS) is 11.4. The smallest absolute Gasteiger partial charge is 0.161 e. The van der Waals surface area contributed by atoms with Gasteiger partial charge in [0, 0.05) is 13.2 Å². The first-order valence-corrected chi connectivity index (χ1v) is 6.32. The van der Waals surface area contributed by atoms with Crippen LogP contribution in [0.3, 0.4) is 0 Å². The van der Waals surface area contributed by atoms with Gasteiger partial charge in [0.25, 0.3) is 0 Å². The summed E-state index contributed by atoms with van der Waals surface area (Å²) in [5.41, 5.74) is 2.34. The summed E-state index contributed by atoms with van der Waals surface area (Å²) in [7, 11) is 0. The zero-order chi connectivity index (χ0) is 13.8. The molecule has 0 aromatic carbocycles. The lowest BCUT2D eigenvalue weighted by Crippen LogP contribution is -2.25. The summed E-state index contributed by atoms with van der Waals surface area (Å²) in [6.07, 6.45) is 0.688. The van der Waals surface area contributed by atoms with Gasteiger partial charge in [0.2, 0.25) is 0 Å². The first-order chi connectivity index (χ1) is 8.39. The van der Waals surface area contributed by atoms with Crippen LogP contribution in [0, 0.1) is 5.41 Å². The van der Waals surface area contributed by atoms with Crippen molar-refractivity contribution in [3.8, 4) is 0 Å². The van der Waals surface area contributed by atoms with Crippen LogP contribution in [0.5, 0.6) is 0 Å². The van der Waals surface area contributed by atoms with Gasteiger partial charge in [0.05, 0.1) is 10.0 Å². The molecule has 0 aliphatic heterocycles. The van der Waals surface area contributed by atoms with Gasteiger partial charge in [-0.25, -0.2) is 10.8 Å². The van der Waals surface area contributed by atoms with Gasteiger partial charge in [-0.15, -0.1) is 0 Å². The highest BCUT2D eigenvalue weighted by Gasteiger charge is 2.18. The summed E-state index contributed by atoms with van der Waals surface area (Å²) in [4.78, 5) is 4.18. The Bertz CT molecular complexity index is 412. The number of nitrogen functional groups attached to an aromatic ring is 1. The molecule has 0 amide bonds. The third-order valence-corrected chi connectivity index (χ3v) is 3.17. The molecule has 1 heterocycles. The summed E-state index contributed by atoms with van der Waals surface area (Å²) in [6, 6.07) is 1.58. The maximum Gasteiger partial charge on any atom is 0.161 e. The van der Waals surface area contributed by atoms with Crippen molar-refractivity contribution in [3.63, 3.8) is 0 Å². The Labute approximate surface area is 117 Å². The van der Waals surface area contributed by atoms with Crippen molar-refractivity contribution < 1.29 is 5.11 Å². The minimum atomic E-state index is -0.0598. The van der Waals surface area contributed by atoms with E-state index in [-0.39, 0.29) is 12.0 Å². The molecule has 1 rings (SSSR count). The second-order valence-electron chi connectivity index (χ2n) is 4.78. The lowest BCUT2D eigenvalue weighted by atomic mass is 9.90. The van der Waals surface area contributed by atoms with Crippen LogP contribution in [0.2, 0.25) is 10.0 Å². The summed E-state index contributed by atoms with van der Waals surface area (Å²) < 4.78 is 0. The lowest BCUT2D eigenvalue weighted by molar-refractivity contribution is 0.220. The summed E-state index contributed by atoms with van der Waals surface area (Å²) in [6.45, 7) is 4.86. The molecule has 5 nitrogen and oxygen atoms in total. The largest absolute Gasteiger partial charge is 0.396 e. The highest BCUT2D eigenvalue weighted by molar-refractivity contribution is 6.37. The molecule has 18 heavy (non-hydrogen) atoms. The first-order valence-electron chi connectivity index (χ1n) is 5.57. The van der Waals surface area contributed by atoms with Crippen molar-refractivity contribution in [1.82, 2.24) is 4.98 Å². The molecule has 0 bridgehead atoms. The number of nitrogens with zero attached hydrogens (tertiary/aromatic N) is 1. The van der Waals surface area contributed by atoms with Crippen molar-refractivity contribution in [3.05, 3.63) is 16.1 Å². The number of hydrogen-bond donors (Lipinski definition) is 4. The Kier molecular flexibility index (Phi) is 5.47. The van der Waals surface area contributed by atoms with E-state index in [1.165, 1.54) is 0 Å². The number of nitrogens with one attached hydrogen (secondary N) is 2. The Hall–Kier alpha value is -0.750. The van der Waals surface area contributed by atoms with Crippen molar-refractivity contribution in [2.24, 2.45) is 11.3 Å². The van der Waals surface area contributed by atoms with Gasteiger partial charge < -0.3 is 15.8 Å². The molecule has 0 aliphatic carbocycles. The van der Waals surface area contributed by atoms with Crippen molar-refractivity contribution in [2.75, 3.05) is 23.9 Å². The molecule has 0 radical (unpaired) electrons. The molecule has 0 saturated carbocycles. The molecule has 0 saturated heterocycles. The van der Waals surface area contributed by atoms with Gasteiger partial charge in [-0.1, -0.05) is 37.0 Å². The number of hydrazine groups is 1. The molecule has 1 aromatic rings. The van der Waals surface area contributed by atoms with Crippen molar-refractivity contribution >= 4 is 34.8 Å². The fourth-order valence-electron chi connectivity index (χ4n) is 1.41. The van der Waals surface area contributed by atoms with E-state index in [1.807, 2.05) is 13.8 Å². The van der Waals surface area contributed by atoms with E-state index in [2.05, 4.69) is 15.7 Å². The number of aliphatic hydroxyl groups is 1. The van der Waals surface area contributed by atoms with Gasteiger partial charge in [0.1, 0.15) is 5.82 Å². The van der Waals surface area contributed by atoms with E-state index >= 15 is 0 Å². The number of rotatable bonds is 6. The molecule has 0 aliphatic rings. The highest BCUT2D eigenvalue weighted by atomic mass is 35.5. The third-order valence-electron chi connectivity index (χ3n) is 2.59. The number of hydrogen-bond acceptors (Lipinski definition) is 5. The van der Waals surface area contributed by atoms with Crippen LogP contribution in [-0.2, 0) is 0 Å². The highest BCUT2D eigenvalue weighted by Crippen LogP contribution is 2.29. The maximum atomic E-state index is 8.96. The summed E-state index contributed by atoms with van der Waals surface area (Å²) >= 11 is 11.9. The number of aromatic nitrogens is 1. The van der Waals surface area contributed by atoms with Gasteiger partial charge in [-0.05, 0) is 17.9 Å². The quantitative estimate of drug-likeness (QED) is 0.478. The predicted molar refractivity (Wildman–Crippen MR) is 76.0 cm³/mol. The Morgan fingerprint density at radius 3 is 2.50 bits per heavy atom. The van der Waals surface area contributed by atoms with Gasteiger partial charge in [-0.3, -0.25) is 0 Å². The van der Waals surface area contributed by atoms with Crippen molar-refractivity contribution in [1.29, 1.82) is 0 Å². The Morgan fingerprint density at radius 1 is 1.33 bits per heavy atom. The van der Waals surface area contributed by atoms with E-state index in [0.717, 1.165) is 0 Å². The molecule has 7 heteroatoms. The molecule has 0 atom stereocenters. The number of anilines is 2. The summed E-state index contributed by atoms with van der Waals surface area (Å²) in [5.74, 6) is 6.18. The third kappa shape index (κ3) is 4.17. The molecule has 102 valence electrons. The van der Waals surface area contributed by atoms with Crippen LogP contribution in [0.1, 0.15) is 20.3 Å². The number of nitrogens with two attached hydrogens (primary N) is 1. The monoisotopic (exact) mass is 292 g/mol. The number of pyridine rings is 1. The number of aliphatic hydroxyl groups excluding tert-OH is 1. The van der Waals surface area contributed by atoms with E-state index in [9.17, 15) is 0 Å². The zero-order valence-corrected chi connectivity index (χ0v) is 11.9. The Morgan fingerprint density at radius 2 is 1.94 bits per heavy atom. The van der Waals surface area contributed by atoms with E-state index in [4.69, 9.17) is 34.2 Å². The second kappa shape index (κ2) is 6.43. The van der Waals surface area contributed by atoms with E-state index in [1.54, 1.807) is 6.07 Å². The second-order valence-corrected chi connectivity index (χ2v) is 5.60. The van der Waals surface area contributed by atoms with Gasteiger partial charge >= 0.3 is 0 Å². The molecule has 0 spiro atoms. The van der Waals surface area contributed by atoms with E-state index < -0.39 is 0 Å². The molecule has 1 aromatic heterocycles. The lowest BCUT2D eigenvalue weighted by Gasteiger charge is -2.24. The Balaban J connectivity index is 2.79. The van der Waals surface area contributed by atoms with Gasteiger partial charge in [0.15, 0.2) is 5.82 Å². The standard InChI is InChI=1S/C11H18Cl2N4O/c1-11(2,3-4-18)6-15-9-7(12)5-8(13)10(16-9)17-14/h5,18H,3-4,6,14H2,1-2H3,(H2,15,16,17). The van der Waals surface area contributed by atoms with Gasteiger partial charge in [-0.2, -0.15) is 0 Å².